The summed E-state index contributed by atoms with van der Waals surface area (Å²) in [6.45, 7) is 0.167. The lowest BCUT2D eigenvalue weighted by Gasteiger charge is -2.19. The van der Waals surface area contributed by atoms with Crippen molar-refractivity contribution in [3.05, 3.63) is 29.8 Å². The fourth-order valence-corrected chi connectivity index (χ4v) is 2.81. The van der Waals surface area contributed by atoms with E-state index in [2.05, 4.69) is 5.32 Å². The minimum Gasteiger partial charge on any atom is -0.497 e. The van der Waals surface area contributed by atoms with Crippen molar-refractivity contribution in [2.24, 2.45) is 5.92 Å². The van der Waals surface area contributed by atoms with Gasteiger partial charge in [0, 0.05) is 25.0 Å². The number of aryl methyl sites for hydroxylation is 1. The fraction of sp³-hybridized carbons (Fsp3) is 0.562. The monoisotopic (exact) mass is 277 g/mol. The molecule has 0 saturated heterocycles. The predicted molar refractivity (Wildman–Crippen MR) is 77.7 cm³/mol. The number of hydrogen-bond acceptors (Lipinski definition) is 3. The van der Waals surface area contributed by atoms with E-state index in [9.17, 15) is 9.90 Å². The van der Waals surface area contributed by atoms with Gasteiger partial charge in [-0.2, -0.15) is 0 Å². The Kier molecular flexibility index (Phi) is 5.41. The summed E-state index contributed by atoms with van der Waals surface area (Å²) in [6, 6.07) is 7.94. The first-order valence-corrected chi connectivity index (χ1v) is 7.26. The summed E-state index contributed by atoms with van der Waals surface area (Å²) in [5.74, 6) is 1.12. The van der Waals surface area contributed by atoms with Crippen molar-refractivity contribution in [3.63, 3.8) is 0 Å². The van der Waals surface area contributed by atoms with Crippen LogP contribution in [0.3, 0.4) is 0 Å². The van der Waals surface area contributed by atoms with Gasteiger partial charge in [0.2, 0.25) is 5.91 Å². The summed E-state index contributed by atoms with van der Waals surface area (Å²) < 4.78 is 5.17. The average molecular weight is 277 g/mol. The molecule has 1 aliphatic rings. The van der Waals surface area contributed by atoms with Crippen LogP contribution in [0.25, 0.3) is 0 Å². The topological polar surface area (TPSA) is 58.6 Å². The normalized spacial score (nSPS) is 21.7. The van der Waals surface area contributed by atoms with Crippen LogP contribution in [0.4, 0.5) is 0 Å². The Morgan fingerprint density at radius 2 is 2.30 bits per heavy atom. The van der Waals surface area contributed by atoms with Gasteiger partial charge in [-0.15, -0.1) is 0 Å². The maximum Gasteiger partial charge on any atom is 0.220 e. The van der Waals surface area contributed by atoms with E-state index < -0.39 is 0 Å². The van der Waals surface area contributed by atoms with Gasteiger partial charge in [-0.05, 0) is 37.0 Å². The first kappa shape index (κ1) is 14.9. The van der Waals surface area contributed by atoms with Gasteiger partial charge < -0.3 is 15.2 Å². The van der Waals surface area contributed by atoms with Crippen LogP contribution < -0.4 is 10.1 Å². The summed E-state index contributed by atoms with van der Waals surface area (Å²) in [5.41, 5.74) is 1.10. The average Bonchev–Trinajstić information content (AvgIpc) is 2.92. The lowest BCUT2D eigenvalue weighted by atomic mass is 10.0. The molecule has 1 amide bonds. The number of rotatable bonds is 6. The first-order valence-electron chi connectivity index (χ1n) is 7.26. The third-order valence-electron chi connectivity index (χ3n) is 4.01. The van der Waals surface area contributed by atoms with Crippen LogP contribution >= 0.6 is 0 Å². The molecule has 1 aliphatic carbocycles. The van der Waals surface area contributed by atoms with Crippen molar-refractivity contribution in [1.29, 1.82) is 0 Å². The molecule has 2 rings (SSSR count). The number of aliphatic hydroxyl groups is 1. The minimum absolute atomic E-state index is 0.0677. The molecule has 20 heavy (non-hydrogen) atoms. The smallest absolute Gasteiger partial charge is 0.220 e. The number of amides is 1. The van der Waals surface area contributed by atoms with Gasteiger partial charge in [-0.1, -0.05) is 18.6 Å². The van der Waals surface area contributed by atoms with Gasteiger partial charge in [0.25, 0.3) is 0 Å². The SMILES string of the molecule is COc1cccc(CCC(=O)NC2CCCC2CO)c1. The van der Waals surface area contributed by atoms with Crippen molar-refractivity contribution in [1.82, 2.24) is 5.32 Å². The third-order valence-corrected chi connectivity index (χ3v) is 4.01. The third kappa shape index (κ3) is 3.97. The molecule has 1 saturated carbocycles. The van der Waals surface area contributed by atoms with E-state index in [-0.39, 0.29) is 24.5 Å². The van der Waals surface area contributed by atoms with Crippen molar-refractivity contribution in [2.75, 3.05) is 13.7 Å². The van der Waals surface area contributed by atoms with Crippen molar-refractivity contribution in [2.45, 2.75) is 38.1 Å². The molecule has 0 spiro atoms. The zero-order chi connectivity index (χ0) is 14.4. The molecular formula is C16H23NO3. The summed E-state index contributed by atoms with van der Waals surface area (Å²) >= 11 is 0. The van der Waals surface area contributed by atoms with Crippen LogP contribution in [0, 0.1) is 5.92 Å². The van der Waals surface area contributed by atoms with E-state index in [4.69, 9.17) is 4.74 Å². The van der Waals surface area contributed by atoms with Gasteiger partial charge in [0.15, 0.2) is 0 Å². The zero-order valence-electron chi connectivity index (χ0n) is 12.0. The van der Waals surface area contributed by atoms with Crippen LogP contribution in [0.1, 0.15) is 31.2 Å². The molecule has 1 aromatic carbocycles. The summed E-state index contributed by atoms with van der Waals surface area (Å²) in [7, 11) is 1.64. The first-order chi connectivity index (χ1) is 9.72. The van der Waals surface area contributed by atoms with Gasteiger partial charge in [-0.3, -0.25) is 4.79 Å². The molecule has 2 unspecified atom stereocenters. The highest BCUT2D eigenvalue weighted by Gasteiger charge is 2.27. The Bertz CT molecular complexity index is 447. The Balaban J connectivity index is 1.79. The number of benzene rings is 1. The van der Waals surface area contributed by atoms with Gasteiger partial charge in [0.1, 0.15) is 5.75 Å². The van der Waals surface area contributed by atoms with Crippen LogP contribution in [0.5, 0.6) is 5.75 Å². The number of carbonyl (C=O) groups is 1. The number of aliphatic hydroxyl groups excluding tert-OH is 1. The van der Waals surface area contributed by atoms with E-state index in [1.54, 1.807) is 7.11 Å². The molecule has 4 heteroatoms. The highest BCUT2D eigenvalue weighted by molar-refractivity contribution is 5.76. The lowest BCUT2D eigenvalue weighted by molar-refractivity contribution is -0.122. The number of carbonyl (C=O) groups excluding carboxylic acids is 1. The predicted octanol–water partition coefficient (Wildman–Crippen LogP) is 1.90. The summed E-state index contributed by atoms with van der Waals surface area (Å²) in [5, 5.41) is 12.3. The fourth-order valence-electron chi connectivity index (χ4n) is 2.81. The second-order valence-electron chi connectivity index (χ2n) is 5.40. The molecule has 4 nitrogen and oxygen atoms in total. The number of hydrogen-bond donors (Lipinski definition) is 2. The number of ether oxygens (including phenoxy) is 1. The van der Waals surface area contributed by atoms with E-state index in [1.165, 1.54) is 0 Å². The van der Waals surface area contributed by atoms with Crippen LogP contribution in [-0.2, 0) is 11.2 Å². The highest BCUT2D eigenvalue weighted by atomic mass is 16.5. The zero-order valence-corrected chi connectivity index (χ0v) is 12.0. The standard InChI is InChI=1S/C16H23NO3/c1-20-14-6-2-4-12(10-14)8-9-16(19)17-15-7-3-5-13(15)11-18/h2,4,6,10,13,15,18H,3,5,7-9,11H2,1H3,(H,17,19). The van der Waals surface area contributed by atoms with Gasteiger partial charge >= 0.3 is 0 Å². The van der Waals surface area contributed by atoms with Crippen molar-refractivity contribution in [3.8, 4) is 5.75 Å². The number of methoxy groups -OCH3 is 1. The molecule has 1 aromatic rings. The Hall–Kier alpha value is -1.55. The molecule has 0 heterocycles. The van der Waals surface area contributed by atoms with E-state index in [1.807, 2.05) is 24.3 Å². The maximum absolute atomic E-state index is 12.0. The second kappa shape index (κ2) is 7.29. The molecule has 0 aliphatic heterocycles. The molecule has 0 aromatic heterocycles. The maximum atomic E-state index is 12.0. The lowest BCUT2D eigenvalue weighted by Crippen LogP contribution is -2.38. The summed E-state index contributed by atoms with van der Waals surface area (Å²) in [6.07, 6.45) is 4.26. The van der Waals surface area contributed by atoms with E-state index in [0.717, 1.165) is 30.6 Å². The largest absolute Gasteiger partial charge is 0.497 e. The van der Waals surface area contributed by atoms with Crippen molar-refractivity contribution < 1.29 is 14.6 Å². The molecule has 110 valence electrons. The Labute approximate surface area is 120 Å². The molecule has 0 bridgehead atoms. The van der Waals surface area contributed by atoms with Crippen LogP contribution in [0.2, 0.25) is 0 Å². The Morgan fingerprint density at radius 3 is 3.05 bits per heavy atom. The summed E-state index contributed by atoms with van der Waals surface area (Å²) in [4.78, 5) is 12.0. The highest BCUT2D eigenvalue weighted by Crippen LogP contribution is 2.25. The van der Waals surface area contributed by atoms with E-state index >= 15 is 0 Å². The Morgan fingerprint density at radius 1 is 1.45 bits per heavy atom. The van der Waals surface area contributed by atoms with Crippen LogP contribution in [0.15, 0.2) is 24.3 Å². The minimum atomic E-state index is 0.0677. The number of nitrogens with one attached hydrogen (secondary N) is 1. The molecule has 2 atom stereocenters. The van der Waals surface area contributed by atoms with Gasteiger partial charge in [0.05, 0.1) is 7.11 Å². The van der Waals surface area contributed by atoms with Gasteiger partial charge in [-0.25, -0.2) is 0 Å². The molecular weight excluding hydrogens is 254 g/mol. The molecule has 2 N–H and O–H groups in total. The quantitative estimate of drug-likeness (QED) is 0.835. The van der Waals surface area contributed by atoms with Crippen LogP contribution in [-0.4, -0.2) is 30.8 Å². The molecule has 0 radical (unpaired) electrons. The second-order valence-corrected chi connectivity index (χ2v) is 5.40. The molecule has 1 fully saturated rings. The van der Waals surface area contributed by atoms with E-state index in [0.29, 0.717) is 12.8 Å². The van der Waals surface area contributed by atoms with Crippen molar-refractivity contribution >= 4 is 5.91 Å².